The fraction of sp³-hybridized carbons (Fsp3) is 1.00. The average molecular weight is 640 g/mol. The molecule has 0 aliphatic heterocycles. The van der Waals surface area contributed by atoms with E-state index in [1.165, 1.54) is 14.2 Å². The lowest BCUT2D eigenvalue weighted by atomic mass is 9.84. The summed E-state index contributed by atoms with van der Waals surface area (Å²) in [7, 11) is -13.6. The topological polar surface area (TPSA) is 285 Å². The quantitative estimate of drug-likeness (QED) is 0.0321. The number of phosphoric acid groups is 3. The first-order chi connectivity index (χ1) is 18.1. The van der Waals surface area contributed by atoms with E-state index in [4.69, 9.17) is 32.9 Å². The van der Waals surface area contributed by atoms with Crippen molar-refractivity contribution in [1.82, 2.24) is 0 Å². The van der Waals surface area contributed by atoms with Crippen LogP contribution in [0.1, 0.15) is 0 Å². The van der Waals surface area contributed by atoms with E-state index in [0.29, 0.717) is 0 Å². The largest absolute Gasteiger partial charge is 0.470 e. The summed E-state index contributed by atoms with van der Waals surface area (Å²) in [5.41, 5.74) is 0. The molecule has 1 rings (SSSR count). The van der Waals surface area contributed by atoms with Crippen LogP contribution in [-0.4, -0.2) is 138 Å². The number of phosphoric ester groups is 3. The Balaban J connectivity index is 3.42. The first kappa shape index (κ1) is 37.0. The summed E-state index contributed by atoms with van der Waals surface area (Å²) in [4.78, 5) is 61.0. The Morgan fingerprint density at radius 1 is 0.487 bits per heavy atom. The summed E-state index contributed by atoms with van der Waals surface area (Å²) >= 11 is 0. The van der Waals surface area contributed by atoms with Crippen LogP contribution in [-0.2, 0) is 60.6 Å². The van der Waals surface area contributed by atoms with Crippen LogP contribution < -0.4 is 0 Å². The zero-order valence-electron chi connectivity index (χ0n) is 20.9. The second-order valence-corrected chi connectivity index (χ2v) is 11.2. The van der Waals surface area contributed by atoms with Gasteiger partial charge >= 0.3 is 23.5 Å². The third-order valence-electron chi connectivity index (χ3n) is 4.78. The molecule has 0 aromatic heterocycles. The molecular formula is C16H35O20P3. The minimum absolute atomic E-state index is 0.106. The molecule has 1 saturated carbocycles. The molecule has 39 heavy (non-hydrogen) atoms. The molecule has 0 saturated heterocycles. The highest BCUT2D eigenvalue weighted by Crippen LogP contribution is 2.50. The van der Waals surface area contributed by atoms with Gasteiger partial charge in [0.2, 0.25) is 0 Å². The molecule has 0 spiro atoms. The number of ether oxygens (including phenoxy) is 6. The Morgan fingerprint density at radius 3 is 1.13 bits per heavy atom. The summed E-state index contributed by atoms with van der Waals surface area (Å²) in [5, 5.41) is 9.58. The summed E-state index contributed by atoms with van der Waals surface area (Å²) in [6, 6.07) is 0. The van der Waals surface area contributed by atoms with Gasteiger partial charge in [0.05, 0.1) is 52.9 Å². The predicted octanol–water partition coefficient (Wildman–Crippen LogP) is -1.61. The molecule has 7 N–H and O–H groups in total. The van der Waals surface area contributed by atoms with Crippen LogP contribution in [0.2, 0.25) is 0 Å². The fourth-order valence-corrected chi connectivity index (χ4v) is 5.10. The van der Waals surface area contributed by atoms with Crippen LogP contribution in [0.15, 0.2) is 0 Å². The molecule has 23 heteroatoms. The van der Waals surface area contributed by atoms with Crippen molar-refractivity contribution in [3.05, 3.63) is 0 Å². The van der Waals surface area contributed by atoms with Gasteiger partial charge in [0.1, 0.15) is 30.5 Å². The van der Waals surface area contributed by atoms with Gasteiger partial charge in [-0.3, -0.25) is 18.8 Å². The summed E-state index contributed by atoms with van der Waals surface area (Å²) in [6.45, 7) is -0.464. The van der Waals surface area contributed by atoms with Crippen molar-refractivity contribution < 1.29 is 95.2 Å². The summed E-state index contributed by atoms with van der Waals surface area (Å²) in [6.07, 6.45) is -12.5. The van der Waals surface area contributed by atoms with E-state index in [2.05, 4.69) is 13.9 Å². The highest BCUT2D eigenvalue weighted by atomic mass is 31.2. The van der Waals surface area contributed by atoms with Gasteiger partial charge in [-0.2, -0.15) is 0 Å². The van der Waals surface area contributed by atoms with E-state index in [-0.39, 0.29) is 46.2 Å². The second kappa shape index (κ2) is 17.8. The number of rotatable bonds is 21. The van der Waals surface area contributed by atoms with Gasteiger partial charge in [-0.25, -0.2) is 18.6 Å². The monoisotopic (exact) mass is 640 g/mol. The number of hydrogen-bond acceptors (Lipinski definition) is 14. The van der Waals surface area contributed by atoms with E-state index >= 15 is 0 Å². The van der Waals surface area contributed by atoms with Crippen LogP contribution in [0.4, 0.5) is 0 Å². The second-order valence-electron chi connectivity index (χ2n) is 7.63. The molecular weight excluding hydrogens is 605 g/mol. The Bertz CT molecular complexity index is 813. The highest BCUT2D eigenvalue weighted by Gasteiger charge is 2.59. The Labute approximate surface area is 222 Å². The van der Waals surface area contributed by atoms with Crippen molar-refractivity contribution >= 4 is 23.5 Å². The van der Waals surface area contributed by atoms with Gasteiger partial charge in [-0.05, 0) is 0 Å². The van der Waals surface area contributed by atoms with Gasteiger partial charge in [-0.1, -0.05) is 0 Å². The van der Waals surface area contributed by atoms with Crippen molar-refractivity contribution in [2.75, 3.05) is 67.1 Å². The minimum Gasteiger partial charge on any atom is -0.382 e. The molecule has 0 aromatic carbocycles. The molecule has 234 valence electrons. The van der Waals surface area contributed by atoms with Gasteiger partial charge in [0.15, 0.2) is 6.10 Å². The standard InChI is InChI=1S/C16H35O20P3/c1-27-3-5-29-7-9-31-11-13(33-17)16(36-39(24,25)26)15(35-38(21,22)23)12(14(11)34-37(18,19)20)32-10-8-30-6-4-28-2/h11-17H,3-10H2,1-2H3,(H2,18,19,20)(H2,21,22,23)(H2,24,25,26)/t11?,12?,13-,14+,15?,16-/m1/s1. The van der Waals surface area contributed by atoms with E-state index in [1.807, 2.05) is 0 Å². The lowest BCUT2D eigenvalue weighted by Gasteiger charge is -2.47. The van der Waals surface area contributed by atoms with Crippen molar-refractivity contribution in [2.45, 2.75) is 36.6 Å². The van der Waals surface area contributed by atoms with Gasteiger partial charge < -0.3 is 57.8 Å². The Kier molecular flexibility index (Phi) is 16.9. The summed E-state index contributed by atoms with van der Waals surface area (Å²) < 4.78 is 80.3. The zero-order chi connectivity index (χ0) is 29.7. The number of hydrogen-bond donors (Lipinski definition) is 7. The molecule has 1 fully saturated rings. The lowest BCUT2D eigenvalue weighted by molar-refractivity contribution is -0.350. The third kappa shape index (κ3) is 15.2. The van der Waals surface area contributed by atoms with E-state index in [9.17, 15) is 48.3 Å². The number of methoxy groups -OCH3 is 2. The SMILES string of the molecule is COCCOCCOC1C(OP(=O)(O)O)[C@H](OP(=O)(O)O)[C@H](OO)C(OCCOCCOC)[C@@H]1OP(=O)(O)O. The van der Waals surface area contributed by atoms with E-state index in [1.54, 1.807) is 0 Å². The van der Waals surface area contributed by atoms with Crippen molar-refractivity contribution in [1.29, 1.82) is 0 Å². The first-order valence-corrected chi connectivity index (χ1v) is 15.6. The van der Waals surface area contributed by atoms with Crippen LogP contribution >= 0.6 is 23.5 Å². The normalized spacial score (nSPS) is 26.7. The first-order valence-electron chi connectivity index (χ1n) is 11.0. The molecule has 0 aromatic rings. The van der Waals surface area contributed by atoms with Crippen LogP contribution in [0.25, 0.3) is 0 Å². The Hall–Kier alpha value is 0.01000. The van der Waals surface area contributed by atoms with Crippen LogP contribution in [0, 0.1) is 0 Å². The van der Waals surface area contributed by atoms with Gasteiger partial charge in [-0.15, -0.1) is 0 Å². The maximum absolute atomic E-state index is 11.8. The predicted molar refractivity (Wildman–Crippen MR) is 123 cm³/mol. The lowest BCUT2D eigenvalue weighted by Crippen LogP contribution is -2.67. The van der Waals surface area contributed by atoms with Crippen molar-refractivity contribution in [3.8, 4) is 0 Å². The average Bonchev–Trinajstić information content (AvgIpc) is 2.79. The van der Waals surface area contributed by atoms with E-state index in [0.717, 1.165) is 0 Å². The molecule has 20 nitrogen and oxygen atoms in total. The maximum atomic E-state index is 11.8. The molecule has 0 bridgehead atoms. The van der Waals surface area contributed by atoms with Crippen molar-refractivity contribution in [3.63, 3.8) is 0 Å². The zero-order valence-corrected chi connectivity index (χ0v) is 23.6. The van der Waals surface area contributed by atoms with Gasteiger partial charge in [0, 0.05) is 14.2 Å². The van der Waals surface area contributed by atoms with E-state index < -0.39 is 66.7 Å². The molecule has 1 aliphatic rings. The fourth-order valence-electron chi connectivity index (χ4n) is 3.43. The van der Waals surface area contributed by atoms with Gasteiger partial charge in [0.25, 0.3) is 0 Å². The maximum Gasteiger partial charge on any atom is 0.470 e. The minimum atomic E-state index is -5.52. The molecule has 0 heterocycles. The molecule has 1 aliphatic carbocycles. The smallest absolute Gasteiger partial charge is 0.382 e. The highest BCUT2D eigenvalue weighted by molar-refractivity contribution is 7.46. The summed E-state index contributed by atoms with van der Waals surface area (Å²) in [5.74, 6) is 0. The molecule has 6 atom stereocenters. The molecule has 0 amide bonds. The molecule has 3 unspecified atom stereocenters. The third-order valence-corrected chi connectivity index (χ3v) is 6.34. The van der Waals surface area contributed by atoms with Crippen LogP contribution in [0.3, 0.4) is 0 Å². The van der Waals surface area contributed by atoms with Crippen LogP contribution in [0.5, 0.6) is 0 Å². The molecule has 0 radical (unpaired) electrons. The Morgan fingerprint density at radius 2 is 0.795 bits per heavy atom. The van der Waals surface area contributed by atoms with Crippen molar-refractivity contribution in [2.24, 2.45) is 0 Å².